The maximum atomic E-state index is 12.9. The third kappa shape index (κ3) is 3.80. The second-order valence-corrected chi connectivity index (χ2v) is 7.95. The summed E-state index contributed by atoms with van der Waals surface area (Å²) in [7, 11) is 2.76. The number of methoxy groups -OCH3 is 2. The molecule has 0 aromatic carbocycles. The van der Waals surface area contributed by atoms with Gasteiger partial charge < -0.3 is 9.47 Å². The lowest BCUT2D eigenvalue weighted by Crippen LogP contribution is -2.32. The molecule has 1 aliphatic carbocycles. The van der Waals surface area contributed by atoms with Crippen LogP contribution in [0, 0.1) is 10.8 Å². The zero-order chi connectivity index (χ0) is 18.9. The Balaban J connectivity index is 3.31. The van der Waals surface area contributed by atoms with Gasteiger partial charge in [0, 0.05) is 11.1 Å². The molecule has 0 saturated carbocycles. The van der Waals surface area contributed by atoms with Crippen LogP contribution in [-0.2, 0) is 19.1 Å². The third-order valence-corrected chi connectivity index (χ3v) is 4.75. The Morgan fingerprint density at radius 3 is 1.83 bits per heavy atom. The molecular formula is C20H30O4. The van der Waals surface area contributed by atoms with Crippen molar-refractivity contribution in [3.8, 4) is 0 Å². The first-order valence-corrected chi connectivity index (χ1v) is 8.18. The van der Waals surface area contributed by atoms with Crippen molar-refractivity contribution in [2.45, 2.75) is 54.9 Å². The number of Topliss-reactive ketones (excluding diaryl/α,β-unsaturated/α-hetero) is 2. The van der Waals surface area contributed by atoms with Crippen LogP contribution in [0.1, 0.15) is 54.9 Å². The minimum absolute atomic E-state index is 0.00676. The molecule has 134 valence electrons. The second kappa shape index (κ2) is 6.96. The van der Waals surface area contributed by atoms with Crippen molar-refractivity contribution in [1.29, 1.82) is 0 Å². The van der Waals surface area contributed by atoms with Crippen LogP contribution < -0.4 is 0 Å². The normalized spacial score (nSPS) is 17.6. The van der Waals surface area contributed by atoms with Crippen molar-refractivity contribution in [3.63, 3.8) is 0 Å². The molecule has 0 fully saturated rings. The lowest BCUT2D eigenvalue weighted by Gasteiger charge is -2.32. The lowest BCUT2D eigenvalue weighted by molar-refractivity contribution is -0.121. The number of carbonyl (C=O) groups is 2. The Bertz CT molecular complexity index is 637. The van der Waals surface area contributed by atoms with Crippen LogP contribution in [0.15, 0.2) is 34.3 Å². The van der Waals surface area contributed by atoms with Gasteiger partial charge in [-0.3, -0.25) is 9.59 Å². The third-order valence-electron chi connectivity index (χ3n) is 4.75. The van der Waals surface area contributed by atoms with Crippen LogP contribution >= 0.6 is 0 Å². The molecule has 0 atom stereocenters. The van der Waals surface area contributed by atoms with Crippen LogP contribution in [0.4, 0.5) is 0 Å². The van der Waals surface area contributed by atoms with E-state index in [2.05, 4.69) is 33.8 Å². The van der Waals surface area contributed by atoms with Gasteiger partial charge in [0.2, 0.25) is 23.1 Å². The van der Waals surface area contributed by atoms with Gasteiger partial charge in [-0.05, 0) is 31.1 Å². The number of ketones is 2. The maximum Gasteiger partial charge on any atom is 0.228 e. The Morgan fingerprint density at radius 2 is 1.42 bits per heavy atom. The highest BCUT2D eigenvalue weighted by atomic mass is 16.5. The number of hydrogen-bond acceptors (Lipinski definition) is 4. The summed E-state index contributed by atoms with van der Waals surface area (Å²) in [5.74, 6) is -0.569. The molecule has 4 nitrogen and oxygen atoms in total. The molecule has 24 heavy (non-hydrogen) atoms. The largest absolute Gasteiger partial charge is 0.489 e. The summed E-state index contributed by atoms with van der Waals surface area (Å²) >= 11 is 0. The van der Waals surface area contributed by atoms with E-state index in [4.69, 9.17) is 9.47 Å². The van der Waals surface area contributed by atoms with Gasteiger partial charge in [0.1, 0.15) is 0 Å². The molecule has 0 N–H and O–H groups in total. The summed E-state index contributed by atoms with van der Waals surface area (Å²) in [6.45, 7) is 14.2. The highest BCUT2D eigenvalue weighted by molar-refractivity contribution is 6.23. The van der Waals surface area contributed by atoms with Crippen molar-refractivity contribution in [2.75, 3.05) is 14.2 Å². The predicted molar refractivity (Wildman–Crippen MR) is 95.4 cm³/mol. The van der Waals surface area contributed by atoms with E-state index in [0.29, 0.717) is 17.6 Å². The molecule has 0 aromatic heterocycles. The van der Waals surface area contributed by atoms with Gasteiger partial charge in [0.25, 0.3) is 0 Å². The summed E-state index contributed by atoms with van der Waals surface area (Å²) in [4.78, 5) is 25.4. The molecule has 0 unspecified atom stereocenters. The number of rotatable bonds is 5. The number of ether oxygens (including phenoxy) is 2. The highest BCUT2D eigenvalue weighted by Crippen LogP contribution is 2.40. The van der Waals surface area contributed by atoms with Gasteiger partial charge in [-0.2, -0.15) is 0 Å². The van der Waals surface area contributed by atoms with Gasteiger partial charge in [0.15, 0.2) is 0 Å². The first-order valence-electron chi connectivity index (χ1n) is 8.18. The van der Waals surface area contributed by atoms with E-state index in [-0.39, 0.29) is 28.5 Å². The van der Waals surface area contributed by atoms with Crippen molar-refractivity contribution >= 4 is 11.6 Å². The lowest BCUT2D eigenvalue weighted by atomic mass is 9.72. The summed E-state index contributed by atoms with van der Waals surface area (Å²) in [5.41, 5.74) is 1.79. The smallest absolute Gasteiger partial charge is 0.228 e. The molecule has 0 spiro atoms. The fraction of sp³-hybridized carbons (Fsp3) is 0.600. The fourth-order valence-corrected chi connectivity index (χ4v) is 2.78. The van der Waals surface area contributed by atoms with E-state index < -0.39 is 5.41 Å². The SMILES string of the molecule is COC1=C(OC)C(=O)C(C(C)(C)CC=C(C)C(C)(C)C)=C(C)C1=O. The number of hydrogen-bond donors (Lipinski definition) is 0. The Hall–Kier alpha value is -1.84. The zero-order valence-electron chi connectivity index (χ0n) is 16.4. The molecule has 0 bridgehead atoms. The van der Waals surface area contributed by atoms with Gasteiger partial charge in [0.05, 0.1) is 14.2 Å². The van der Waals surface area contributed by atoms with Crippen molar-refractivity contribution < 1.29 is 19.1 Å². The van der Waals surface area contributed by atoms with E-state index in [0.717, 1.165) is 0 Å². The molecule has 0 aromatic rings. The summed E-state index contributed by atoms with van der Waals surface area (Å²) in [5, 5.41) is 0. The van der Waals surface area contributed by atoms with E-state index in [1.165, 1.54) is 19.8 Å². The molecule has 1 rings (SSSR count). The second-order valence-electron chi connectivity index (χ2n) is 7.95. The molecule has 4 heteroatoms. The Morgan fingerprint density at radius 1 is 0.958 bits per heavy atom. The van der Waals surface area contributed by atoms with E-state index >= 15 is 0 Å². The summed E-state index contributed by atoms with van der Waals surface area (Å²) in [6, 6.07) is 0. The molecule has 0 aliphatic heterocycles. The van der Waals surface area contributed by atoms with Crippen molar-refractivity contribution in [2.24, 2.45) is 10.8 Å². The number of carbonyl (C=O) groups excluding carboxylic acids is 2. The zero-order valence-corrected chi connectivity index (χ0v) is 16.4. The summed E-state index contributed by atoms with van der Waals surface area (Å²) in [6.07, 6.45) is 2.82. The van der Waals surface area contributed by atoms with Crippen LogP contribution in [0.25, 0.3) is 0 Å². The van der Waals surface area contributed by atoms with Gasteiger partial charge >= 0.3 is 0 Å². The Kier molecular flexibility index (Phi) is 5.86. The van der Waals surface area contributed by atoms with Crippen LogP contribution in [-0.4, -0.2) is 25.8 Å². The van der Waals surface area contributed by atoms with E-state index in [9.17, 15) is 9.59 Å². The van der Waals surface area contributed by atoms with Crippen molar-refractivity contribution in [3.05, 3.63) is 34.3 Å². The average molecular weight is 334 g/mol. The molecule has 0 amide bonds. The quantitative estimate of drug-likeness (QED) is 0.553. The predicted octanol–water partition coefficient (Wildman–Crippen LogP) is 4.37. The van der Waals surface area contributed by atoms with Gasteiger partial charge in [-0.25, -0.2) is 0 Å². The highest BCUT2D eigenvalue weighted by Gasteiger charge is 2.41. The minimum Gasteiger partial charge on any atom is -0.489 e. The fourth-order valence-electron chi connectivity index (χ4n) is 2.78. The molecule has 1 aliphatic rings. The first kappa shape index (κ1) is 20.2. The Labute approximate surface area is 145 Å². The molecular weight excluding hydrogens is 304 g/mol. The van der Waals surface area contributed by atoms with Crippen LogP contribution in [0.5, 0.6) is 0 Å². The van der Waals surface area contributed by atoms with Crippen LogP contribution in [0.2, 0.25) is 0 Å². The van der Waals surface area contributed by atoms with Crippen LogP contribution in [0.3, 0.4) is 0 Å². The van der Waals surface area contributed by atoms with Gasteiger partial charge in [-0.15, -0.1) is 0 Å². The minimum atomic E-state index is -0.480. The summed E-state index contributed by atoms with van der Waals surface area (Å²) < 4.78 is 10.3. The van der Waals surface area contributed by atoms with E-state index in [1.807, 2.05) is 13.8 Å². The molecule has 0 heterocycles. The number of allylic oxidation sites excluding steroid dienone is 4. The van der Waals surface area contributed by atoms with E-state index in [1.54, 1.807) is 6.92 Å². The molecule has 0 saturated heterocycles. The maximum absolute atomic E-state index is 12.9. The van der Waals surface area contributed by atoms with Crippen molar-refractivity contribution in [1.82, 2.24) is 0 Å². The molecule has 0 radical (unpaired) electrons. The average Bonchev–Trinajstić information content (AvgIpc) is 2.47. The topological polar surface area (TPSA) is 52.6 Å². The monoisotopic (exact) mass is 334 g/mol. The standard InChI is InChI=1S/C20H30O4/c1-12(19(3,4)5)10-11-20(6,7)14-13(2)15(21)17(23-8)18(24-9)16(14)22/h10H,11H2,1-9H3. The van der Waals surface area contributed by atoms with Gasteiger partial charge in [-0.1, -0.05) is 46.3 Å². The first-order chi connectivity index (χ1) is 10.9.